The number of carbonyl (C=O) groups is 2. The standard InChI is InChI=1S/C22H19FN2O3S/c1-3-28-22(27)18(13-24)21-25(17-10-8-16(23)9-11-17)20(26)19(29-21)12-15-6-4-14(2)5-7-15/h4-11,19H,3,12H2,1-2H3/b21-18-. The molecule has 0 bridgehead atoms. The van der Waals surface area contributed by atoms with Gasteiger partial charge in [-0.05, 0) is 50.1 Å². The van der Waals surface area contributed by atoms with Crippen LogP contribution in [0.4, 0.5) is 10.1 Å². The number of hydrogen-bond donors (Lipinski definition) is 0. The van der Waals surface area contributed by atoms with E-state index in [2.05, 4.69) is 0 Å². The molecule has 1 aliphatic rings. The first-order valence-electron chi connectivity index (χ1n) is 9.07. The minimum Gasteiger partial charge on any atom is -0.462 e. The van der Waals surface area contributed by atoms with Crippen molar-refractivity contribution in [2.24, 2.45) is 0 Å². The summed E-state index contributed by atoms with van der Waals surface area (Å²) in [7, 11) is 0. The van der Waals surface area contributed by atoms with E-state index in [1.165, 1.54) is 29.2 Å². The van der Waals surface area contributed by atoms with Crippen molar-refractivity contribution in [1.82, 2.24) is 0 Å². The van der Waals surface area contributed by atoms with Gasteiger partial charge in [0.2, 0.25) is 5.91 Å². The van der Waals surface area contributed by atoms with Crippen molar-refractivity contribution in [1.29, 1.82) is 5.26 Å². The number of rotatable bonds is 5. The molecule has 1 aliphatic heterocycles. The molecule has 1 heterocycles. The molecule has 0 aromatic heterocycles. The maximum atomic E-state index is 13.4. The molecular weight excluding hydrogens is 391 g/mol. The number of nitrogens with zero attached hydrogens (tertiary/aromatic N) is 2. The highest BCUT2D eigenvalue weighted by Crippen LogP contribution is 2.42. The van der Waals surface area contributed by atoms with Crippen molar-refractivity contribution in [3.8, 4) is 6.07 Å². The summed E-state index contributed by atoms with van der Waals surface area (Å²) in [5, 5.41) is 9.26. The molecule has 29 heavy (non-hydrogen) atoms. The maximum absolute atomic E-state index is 13.4. The quantitative estimate of drug-likeness (QED) is 0.421. The van der Waals surface area contributed by atoms with Gasteiger partial charge in [-0.3, -0.25) is 9.69 Å². The van der Waals surface area contributed by atoms with Crippen LogP contribution in [-0.4, -0.2) is 23.7 Å². The second-order valence-electron chi connectivity index (χ2n) is 6.46. The summed E-state index contributed by atoms with van der Waals surface area (Å²) in [6, 6.07) is 15.1. The monoisotopic (exact) mass is 410 g/mol. The number of benzene rings is 2. The molecule has 0 aliphatic carbocycles. The largest absolute Gasteiger partial charge is 0.462 e. The Morgan fingerprint density at radius 1 is 1.21 bits per heavy atom. The van der Waals surface area contributed by atoms with Crippen molar-refractivity contribution in [3.63, 3.8) is 0 Å². The van der Waals surface area contributed by atoms with Crippen molar-refractivity contribution in [2.75, 3.05) is 11.5 Å². The van der Waals surface area contributed by atoms with Gasteiger partial charge >= 0.3 is 5.97 Å². The SMILES string of the molecule is CCOC(=O)/C(C#N)=C1\SC(Cc2ccc(C)cc2)C(=O)N1c1ccc(F)cc1. The zero-order chi connectivity index (χ0) is 21.0. The van der Waals surface area contributed by atoms with Crippen LogP contribution in [0.1, 0.15) is 18.1 Å². The summed E-state index contributed by atoms with van der Waals surface area (Å²) >= 11 is 1.15. The molecule has 1 saturated heterocycles. The third-order valence-corrected chi connectivity index (χ3v) is 5.65. The Bertz CT molecular complexity index is 994. The average Bonchev–Trinajstić information content (AvgIpc) is 3.01. The topological polar surface area (TPSA) is 70.4 Å². The van der Waals surface area contributed by atoms with Crippen LogP contribution in [-0.2, 0) is 20.7 Å². The number of halogens is 1. The minimum absolute atomic E-state index is 0.110. The van der Waals surface area contributed by atoms with E-state index >= 15 is 0 Å². The number of hydrogen-bond acceptors (Lipinski definition) is 5. The van der Waals surface area contributed by atoms with Gasteiger partial charge in [-0.2, -0.15) is 5.26 Å². The lowest BCUT2D eigenvalue weighted by Gasteiger charge is -2.18. The lowest BCUT2D eigenvalue weighted by atomic mass is 10.1. The van der Waals surface area contributed by atoms with Crippen LogP contribution in [0.25, 0.3) is 0 Å². The molecule has 2 aromatic carbocycles. The molecule has 1 amide bonds. The summed E-state index contributed by atoms with van der Waals surface area (Å²) in [5.74, 6) is -1.50. The van der Waals surface area contributed by atoms with Crippen LogP contribution < -0.4 is 4.90 Å². The highest BCUT2D eigenvalue weighted by atomic mass is 32.2. The Hall–Kier alpha value is -3.11. The van der Waals surface area contributed by atoms with E-state index in [-0.39, 0.29) is 23.1 Å². The van der Waals surface area contributed by atoms with E-state index in [9.17, 15) is 19.2 Å². The first-order chi connectivity index (χ1) is 13.9. The third-order valence-electron chi connectivity index (χ3n) is 4.38. The molecule has 2 aromatic rings. The van der Waals surface area contributed by atoms with Gasteiger partial charge in [-0.25, -0.2) is 9.18 Å². The zero-order valence-corrected chi connectivity index (χ0v) is 16.8. The van der Waals surface area contributed by atoms with Gasteiger partial charge in [-0.1, -0.05) is 41.6 Å². The fourth-order valence-electron chi connectivity index (χ4n) is 2.94. The molecule has 7 heteroatoms. The summed E-state index contributed by atoms with van der Waals surface area (Å²) in [4.78, 5) is 26.8. The van der Waals surface area contributed by atoms with E-state index in [1.54, 1.807) is 6.92 Å². The van der Waals surface area contributed by atoms with Gasteiger partial charge in [0.15, 0.2) is 5.57 Å². The van der Waals surface area contributed by atoms with Crippen LogP contribution in [0.2, 0.25) is 0 Å². The van der Waals surface area contributed by atoms with E-state index < -0.39 is 17.0 Å². The Morgan fingerprint density at radius 2 is 1.86 bits per heavy atom. The van der Waals surface area contributed by atoms with Crippen LogP contribution in [0, 0.1) is 24.1 Å². The number of carbonyl (C=O) groups excluding carboxylic acids is 2. The highest BCUT2D eigenvalue weighted by molar-refractivity contribution is 8.05. The lowest BCUT2D eigenvalue weighted by molar-refractivity contribution is -0.138. The fraction of sp³-hybridized carbons (Fsp3) is 0.227. The number of amides is 1. The first-order valence-corrected chi connectivity index (χ1v) is 9.95. The number of anilines is 1. The summed E-state index contributed by atoms with van der Waals surface area (Å²) in [5.41, 5.74) is 2.24. The molecular formula is C22H19FN2O3S. The fourth-order valence-corrected chi connectivity index (χ4v) is 4.24. The summed E-state index contributed by atoms with van der Waals surface area (Å²) in [6.45, 7) is 3.73. The molecule has 148 valence electrons. The van der Waals surface area contributed by atoms with E-state index in [0.29, 0.717) is 12.1 Å². The third kappa shape index (κ3) is 4.49. The predicted molar refractivity (Wildman–Crippen MR) is 109 cm³/mol. The van der Waals surface area contributed by atoms with Crippen LogP contribution in [0.5, 0.6) is 0 Å². The highest BCUT2D eigenvalue weighted by Gasteiger charge is 2.41. The molecule has 0 radical (unpaired) electrons. The Balaban J connectivity index is 2.02. The van der Waals surface area contributed by atoms with Crippen LogP contribution in [0.3, 0.4) is 0 Å². The number of nitriles is 1. The molecule has 3 rings (SSSR count). The van der Waals surface area contributed by atoms with Gasteiger partial charge in [0, 0.05) is 5.69 Å². The van der Waals surface area contributed by atoms with E-state index in [0.717, 1.165) is 22.9 Å². The van der Waals surface area contributed by atoms with Crippen molar-refractivity contribution in [2.45, 2.75) is 25.5 Å². The Kier molecular flexibility index (Phi) is 6.35. The summed E-state index contributed by atoms with van der Waals surface area (Å²) < 4.78 is 18.4. The van der Waals surface area contributed by atoms with Gasteiger partial charge in [0.1, 0.15) is 16.9 Å². The lowest BCUT2D eigenvalue weighted by Crippen LogP contribution is -2.30. The van der Waals surface area contributed by atoms with Crippen LogP contribution in [0.15, 0.2) is 59.1 Å². The first kappa shape index (κ1) is 20.6. The molecule has 1 unspecified atom stereocenters. The van der Waals surface area contributed by atoms with Crippen molar-refractivity contribution >= 4 is 29.3 Å². The molecule has 5 nitrogen and oxygen atoms in total. The average molecular weight is 410 g/mol. The Morgan fingerprint density at radius 3 is 2.45 bits per heavy atom. The number of aryl methyl sites for hydroxylation is 1. The van der Waals surface area contributed by atoms with E-state index in [4.69, 9.17) is 4.74 Å². The smallest absolute Gasteiger partial charge is 0.351 e. The molecule has 0 saturated carbocycles. The second-order valence-corrected chi connectivity index (χ2v) is 7.65. The number of thioether (sulfide) groups is 1. The summed E-state index contributed by atoms with van der Waals surface area (Å²) in [6.07, 6.45) is 0.437. The van der Waals surface area contributed by atoms with Gasteiger partial charge < -0.3 is 4.74 Å². The van der Waals surface area contributed by atoms with Crippen molar-refractivity contribution in [3.05, 3.63) is 76.1 Å². The predicted octanol–water partition coefficient (Wildman–Crippen LogP) is 4.12. The molecule has 0 N–H and O–H groups in total. The van der Waals surface area contributed by atoms with E-state index in [1.807, 2.05) is 37.3 Å². The molecule has 0 spiro atoms. The molecule has 1 fully saturated rings. The second kappa shape index (κ2) is 8.93. The molecule has 1 atom stereocenters. The van der Waals surface area contributed by atoms with Gasteiger partial charge in [-0.15, -0.1) is 0 Å². The minimum atomic E-state index is -0.784. The van der Waals surface area contributed by atoms with Crippen LogP contribution >= 0.6 is 11.8 Å². The van der Waals surface area contributed by atoms with Gasteiger partial charge in [0.05, 0.1) is 11.9 Å². The van der Waals surface area contributed by atoms with Gasteiger partial charge in [0.25, 0.3) is 0 Å². The number of esters is 1. The number of ether oxygens (including phenoxy) is 1. The van der Waals surface area contributed by atoms with Crippen molar-refractivity contribution < 1.29 is 18.7 Å². The zero-order valence-electron chi connectivity index (χ0n) is 16.0. The Labute approximate surface area is 172 Å². The normalized spacial score (nSPS) is 17.8. The maximum Gasteiger partial charge on any atom is 0.351 e.